The molecule has 0 radical (unpaired) electrons. The van der Waals surface area contributed by atoms with E-state index in [1.807, 2.05) is 42.3 Å². The van der Waals surface area contributed by atoms with E-state index < -0.39 is 0 Å². The van der Waals surface area contributed by atoms with E-state index in [9.17, 15) is 4.79 Å². The second-order valence-electron chi connectivity index (χ2n) is 7.71. The number of nitrogens with zero attached hydrogens (tertiary/aromatic N) is 5. The first kappa shape index (κ1) is 19.8. The van der Waals surface area contributed by atoms with Crippen LogP contribution in [-0.2, 0) is 18.3 Å². The number of rotatable bonds is 4. The summed E-state index contributed by atoms with van der Waals surface area (Å²) in [7, 11) is 1.97. The lowest BCUT2D eigenvalue weighted by Crippen LogP contribution is -2.36. The number of pyridine rings is 3. The molecule has 0 spiro atoms. The van der Waals surface area contributed by atoms with Gasteiger partial charge in [-0.1, -0.05) is 11.6 Å². The Bertz CT molecular complexity index is 1310. The van der Waals surface area contributed by atoms with Crippen LogP contribution in [0.5, 0.6) is 0 Å². The molecule has 0 unspecified atom stereocenters. The molecule has 0 aliphatic carbocycles. The summed E-state index contributed by atoms with van der Waals surface area (Å²) in [6.45, 7) is 3.57. The molecule has 1 aliphatic heterocycles. The van der Waals surface area contributed by atoms with Crippen molar-refractivity contribution in [2.75, 3.05) is 31.2 Å². The summed E-state index contributed by atoms with van der Waals surface area (Å²) in [5.74, 6) is 0. The molecule has 0 atom stereocenters. The summed E-state index contributed by atoms with van der Waals surface area (Å²) < 4.78 is 9.11. The molecule has 8 heteroatoms. The number of morpholine rings is 1. The minimum Gasteiger partial charge on any atom is -0.378 e. The largest absolute Gasteiger partial charge is 0.378 e. The van der Waals surface area contributed by atoms with Crippen molar-refractivity contribution in [3.8, 4) is 11.1 Å². The van der Waals surface area contributed by atoms with Gasteiger partial charge in [0, 0.05) is 61.9 Å². The van der Waals surface area contributed by atoms with Crippen molar-refractivity contribution < 1.29 is 4.74 Å². The first-order chi connectivity index (χ1) is 15.1. The number of aromatic nitrogens is 4. The Morgan fingerprint density at radius 1 is 1.13 bits per heavy atom. The molecule has 4 aromatic rings. The lowest BCUT2D eigenvalue weighted by atomic mass is 10.1. The normalized spacial score (nSPS) is 14.3. The minimum absolute atomic E-state index is 0.0771. The van der Waals surface area contributed by atoms with Crippen molar-refractivity contribution in [2.45, 2.75) is 6.54 Å². The number of anilines is 1. The van der Waals surface area contributed by atoms with Gasteiger partial charge in [0.1, 0.15) is 5.65 Å². The molecule has 0 bridgehead atoms. The van der Waals surface area contributed by atoms with Crippen molar-refractivity contribution >= 4 is 28.3 Å². The van der Waals surface area contributed by atoms with E-state index in [1.54, 1.807) is 23.0 Å². The SMILES string of the molecule is Cn1cc(-c2ccn(Cc3cncc(Cl)c3)c(=O)c2)c2cc(N3CCOCC3)cnc21. The van der Waals surface area contributed by atoms with Gasteiger partial charge in [0.2, 0.25) is 0 Å². The van der Waals surface area contributed by atoms with Crippen molar-refractivity contribution in [3.05, 3.63) is 76.2 Å². The number of fused-ring (bicyclic) bond motifs is 1. The summed E-state index contributed by atoms with van der Waals surface area (Å²) in [4.78, 5) is 23.9. The number of aryl methyl sites for hydroxylation is 1. The smallest absolute Gasteiger partial charge is 0.251 e. The Morgan fingerprint density at radius 2 is 1.97 bits per heavy atom. The summed E-state index contributed by atoms with van der Waals surface area (Å²) in [5, 5.41) is 1.59. The van der Waals surface area contributed by atoms with Crippen LogP contribution in [0.4, 0.5) is 5.69 Å². The molecular formula is C23H22ClN5O2. The predicted molar refractivity (Wildman–Crippen MR) is 122 cm³/mol. The average molecular weight is 436 g/mol. The van der Waals surface area contributed by atoms with Gasteiger partial charge >= 0.3 is 0 Å². The van der Waals surface area contributed by atoms with Gasteiger partial charge in [-0.2, -0.15) is 0 Å². The van der Waals surface area contributed by atoms with Crippen LogP contribution < -0.4 is 10.5 Å². The fourth-order valence-electron chi connectivity index (χ4n) is 4.02. The Hall–Kier alpha value is -3.16. The quantitative estimate of drug-likeness (QED) is 0.492. The van der Waals surface area contributed by atoms with Crippen LogP contribution in [0.15, 0.2) is 60.0 Å². The summed E-state index contributed by atoms with van der Waals surface area (Å²) in [6.07, 6.45) is 9.05. The average Bonchev–Trinajstić information content (AvgIpc) is 3.12. The zero-order valence-corrected chi connectivity index (χ0v) is 17.9. The van der Waals surface area contributed by atoms with E-state index in [2.05, 4.69) is 20.9 Å². The third-order valence-corrected chi connectivity index (χ3v) is 5.80. The van der Waals surface area contributed by atoms with Crippen molar-refractivity contribution in [3.63, 3.8) is 0 Å². The highest BCUT2D eigenvalue weighted by Crippen LogP contribution is 2.31. The highest BCUT2D eigenvalue weighted by atomic mass is 35.5. The molecule has 1 fully saturated rings. The Morgan fingerprint density at radius 3 is 2.74 bits per heavy atom. The highest BCUT2D eigenvalue weighted by Gasteiger charge is 2.16. The van der Waals surface area contributed by atoms with Gasteiger partial charge in [-0.15, -0.1) is 0 Å². The number of hydrogen-bond acceptors (Lipinski definition) is 5. The Labute approximate surface area is 184 Å². The predicted octanol–water partition coefficient (Wildman–Crippen LogP) is 3.34. The lowest BCUT2D eigenvalue weighted by molar-refractivity contribution is 0.122. The standard InChI is InChI=1S/C23H22ClN5O2/c1-27-15-21(20-10-19(13-26-23(20)27)28-4-6-31-7-5-28)17-2-3-29(22(30)9-17)14-16-8-18(24)12-25-11-16/h2-3,8-13,15H,4-7,14H2,1H3. The van der Waals surface area contributed by atoms with Gasteiger partial charge in [0.15, 0.2) is 0 Å². The second kappa shape index (κ2) is 8.17. The van der Waals surface area contributed by atoms with Crippen LogP contribution in [-0.4, -0.2) is 45.4 Å². The van der Waals surface area contributed by atoms with Gasteiger partial charge in [0.05, 0.1) is 36.7 Å². The minimum atomic E-state index is -0.0771. The topological polar surface area (TPSA) is 65.2 Å². The molecule has 1 saturated heterocycles. The molecule has 0 N–H and O–H groups in total. The van der Waals surface area contributed by atoms with E-state index in [-0.39, 0.29) is 5.56 Å². The molecule has 1 aliphatic rings. The zero-order valence-electron chi connectivity index (χ0n) is 17.2. The monoisotopic (exact) mass is 435 g/mol. The molecule has 5 heterocycles. The van der Waals surface area contributed by atoms with Crippen LogP contribution >= 0.6 is 11.6 Å². The first-order valence-corrected chi connectivity index (χ1v) is 10.5. The molecular weight excluding hydrogens is 414 g/mol. The molecule has 158 valence electrons. The van der Waals surface area contributed by atoms with Crippen LogP contribution in [0.1, 0.15) is 5.56 Å². The maximum Gasteiger partial charge on any atom is 0.251 e. The third-order valence-electron chi connectivity index (χ3n) is 5.60. The van der Waals surface area contributed by atoms with Gasteiger partial charge in [0.25, 0.3) is 5.56 Å². The molecule has 0 amide bonds. The van der Waals surface area contributed by atoms with Gasteiger partial charge < -0.3 is 18.8 Å². The van der Waals surface area contributed by atoms with E-state index in [0.29, 0.717) is 11.6 Å². The Balaban J connectivity index is 1.51. The molecule has 0 aromatic carbocycles. The fraction of sp³-hybridized carbons (Fsp3) is 0.261. The van der Waals surface area contributed by atoms with Crippen LogP contribution in [0.25, 0.3) is 22.2 Å². The zero-order chi connectivity index (χ0) is 21.4. The molecule has 7 nitrogen and oxygen atoms in total. The first-order valence-electron chi connectivity index (χ1n) is 10.2. The molecule has 5 rings (SSSR count). The van der Waals surface area contributed by atoms with Crippen LogP contribution in [0.3, 0.4) is 0 Å². The number of halogens is 1. The lowest BCUT2D eigenvalue weighted by Gasteiger charge is -2.28. The van der Waals surface area contributed by atoms with E-state index in [4.69, 9.17) is 16.3 Å². The van der Waals surface area contributed by atoms with Crippen molar-refractivity contribution in [2.24, 2.45) is 7.05 Å². The third kappa shape index (κ3) is 3.94. The summed E-state index contributed by atoms with van der Waals surface area (Å²) in [6, 6.07) is 7.62. The van der Waals surface area contributed by atoms with Gasteiger partial charge in [-0.3, -0.25) is 9.78 Å². The van der Waals surface area contributed by atoms with Crippen molar-refractivity contribution in [1.82, 2.24) is 19.1 Å². The van der Waals surface area contributed by atoms with E-state index >= 15 is 0 Å². The molecule has 4 aromatic heterocycles. The van der Waals surface area contributed by atoms with Crippen LogP contribution in [0, 0.1) is 0 Å². The van der Waals surface area contributed by atoms with E-state index in [1.165, 1.54) is 0 Å². The van der Waals surface area contributed by atoms with E-state index in [0.717, 1.165) is 59.7 Å². The number of hydrogen-bond donors (Lipinski definition) is 0. The summed E-state index contributed by atoms with van der Waals surface area (Å²) >= 11 is 6.01. The fourth-order valence-corrected chi connectivity index (χ4v) is 4.22. The molecule has 31 heavy (non-hydrogen) atoms. The summed E-state index contributed by atoms with van der Waals surface area (Å²) in [5.41, 5.74) is 4.63. The molecule has 0 saturated carbocycles. The van der Waals surface area contributed by atoms with Crippen LogP contribution in [0.2, 0.25) is 5.02 Å². The van der Waals surface area contributed by atoms with Crippen molar-refractivity contribution in [1.29, 1.82) is 0 Å². The second-order valence-corrected chi connectivity index (χ2v) is 8.15. The number of ether oxygens (including phenoxy) is 1. The Kier molecular flexibility index (Phi) is 5.21. The highest BCUT2D eigenvalue weighted by molar-refractivity contribution is 6.30. The van der Waals surface area contributed by atoms with Gasteiger partial charge in [-0.05, 0) is 29.3 Å². The van der Waals surface area contributed by atoms with Gasteiger partial charge in [-0.25, -0.2) is 4.98 Å². The maximum atomic E-state index is 12.8. The maximum absolute atomic E-state index is 12.8.